The van der Waals surface area contributed by atoms with E-state index >= 15 is 0 Å². The number of carboxylic acid groups (broad SMARTS) is 1. The highest BCUT2D eigenvalue weighted by molar-refractivity contribution is 5.76. The fraction of sp³-hybridized carbons (Fsp3) is 0.316. The van der Waals surface area contributed by atoms with Crippen molar-refractivity contribution in [1.82, 2.24) is 5.32 Å². The number of ether oxygens (including phenoxy) is 2. The van der Waals surface area contributed by atoms with Crippen LogP contribution in [0.3, 0.4) is 0 Å². The second-order valence-corrected chi connectivity index (χ2v) is 5.86. The van der Waals surface area contributed by atoms with Crippen LogP contribution in [-0.2, 0) is 11.3 Å². The van der Waals surface area contributed by atoms with Gasteiger partial charge in [0.05, 0.1) is 0 Å². The lowest BCUT2D eigenvalue weighted by molar-refractivity contribution is -0.152. The standard InChI is InChI=1S/C19H23NO4/c1-19(2,18(21)22)24-17-11-7-6-8-15(17)14-20-12-13-23-16-9-4-3-5-10-16/h3-11,20H,12-14H2,1-2H3,(H,21,22). The summed E-state index contributed by atoms with van der Waals surface area (Å²) in [6.07, 6.45) is 0. The summed E-state index contributed by atoms with van der Waals surface area (Å²) in [5.41, 5.74) is -0.362. The largest absolute Gasteiger partial charge is 0.492 e. The molecule has 2 N–H and O–H groups in total. The Kier molecular flexibility index (Phi) is 6.21. The van der Waals surface area contributed by atoms with E-state index in [9.17, 15) is 9.90 Å². The number of carbonyl (C=O) groups is 1. The zero-order valence-electron chi connectivity index (χ0n) is 14.0. The normalized spacial score (nSPS) is 11.1. The van der Waals surface area contributed by atoms with Gasteiger partial charge in [-0.25, -0.2) is 4.79 Å². The highest BCUT2D eigenvalue weighted by Gasteiger charge is 2.30. The van der Waals surface area contributed by atoms with Crippen LogP contribution in [-0.4, -0.2) is 29.8 Å². The molecule has 2 rings (SSSR count). The Hall–Kier alpha value is -2.53. The van der Waals surface area contributed by atoms with Crippen molar-refractivity contribution in [3.63, 3.8) is 0 Å². The quantitative estimate of drug-likeness (QED) is 0.692. The summed E-state index contributed by atoms with van der Waals surface area (Å²) in [5.74, 6) is 0.411. The van der Waals surface area contributed by atoms with Crippen LogP contribution in [0, 0.1) is 0 Å². The highest BCUT2D eigenvalue weighted by atomic mass is 16.5. The van der Waals surface area contributed by atoms with E-state index in [1.165, 1.54) is 13.8 Å². The molecule has 24 heavy (non-hydrogen) atoms. The zero-order chi connectivity index (χ0) is 17.4. The number of benzene rings is 2. The Morgan fingerprint density at radius 1 is 1.08 bits per heavy atom. The molecule has 0 aromatic heterocycles. The molecule has 0 spiro atoms. The molecule has 0 heterocycles. The number of carboxylic acids is 1. The van der Waals surface area contributed by atoms with Gasteiger partial charge in [0.2, 0.25) is 0 Å². The predicted molar refractivity (Wildman–Crippen MR) is 92.4 cm³/mol. The number of rotatable bonds is 9. The van der Waals surface area contributed by atoms with E-state index in [0.29, 0.717) is 25.4 Å². The molecule has 0 unspecified atom stereocenters. The Labute approximate surface area is 142 Å². The molecule has 0 aliphatic carbocycles. The summed E-state index contributed by atoms with van der Waals surface area (Å²) >= 11 is 0. The molecule has 0 atom stereocenters. The number of aliphatic carboxylic acids is 1. The third-order valence-electron chi connectivity index (χ3n) is 3.46. The highest BCUT2D eigenvalue weighted by Crippen LogP contribution is 2.23. The van der Waals surface area contributed by atoms with Gasteiger partial charge in [0.25, 0.3) is 0 Å². The van der Waals surface area contributed by atoms with E-state index in [2.05, 4.69) is 5.32 Å². The third-order valence-corrected chi connectivity index (χ3v) is 3.46. The molecule has 0 saturated carbocycles. The molecule has 0 bridgehead atoms. The van der Waals surface area contributed by atoms with Gasteiger partial charge < -0.3 is 19.9 Å². The second kappa shape index (κ2) is 8.36. The van der Waals surface area contributed by atoms with Crippen molar-refractivity contribution >= 4 is 5.97 Å². The maximum Gasteiger partial charge on any atom is 0.347 e. The first-order valence-corrected chi connectivity index (χ1v) is 7.88. The molecule has 128 valence electrons. The maximum absolute atomic E-state index is 11.2. The van der Waals surface area contributed by atoms with Gasteiger partial charge in [-0.05, 0) is 32.0 Å². The van der Waals surface area contributed by atoms with Crippen molar-refractivity contribution in [2.24, 2.45) is 0 Å². The minimum absolute atomic E-state index is 0.549. The van der Waals surface area contributed by atoms with Crippen LogP contribution in [0.2, 0.25) is 0 Å². The predicted octanol–water partition coefficient (Wildman–Crippen LogP) is 3.10. The van der Waals surface area contributed by atoms with E-state index in [0.717, 1.165) is 11.3 Å². The monoisotopic (exact) mass is 329 g/mol. The van der Waals surface area contributed by atoms with Gasteiger partial charge in [-0.3, -0.25) is 0 Å². The van der Waals surface area contributed by atoms with Crippen molar-refractivity contribution in [1.29, 1.82) is 0 Å². The van der Waals surface area contributed by atoms with Crippen LogP contribution in [0.25, 0.3) is 0 Å². The molecule has 5 heteroatoms. The lowest BCUT2D eigenvalue weighted by Gasteiger charge is -2.23. The van der Waals surface area contributed by atoms with Crippen molar-refractivity contribution in [2.45, 2.75) is 26.0 Å². The number of nitrogens with one attached hydrogen (secondary N) is 1. The van der Waals surface area contributed by atoms with Gasteiger partial charge >= 0.3 is 5.97 Å². The van der Waals surface area contributed by atoms with Crippen molar-refractivity contribution in [3.05, 3.63) is 60.2 Å². The van der Waals surface area contributed by atoms with E-state index in [1.807, 2.05) is 48.5 Å². The first-order chi connectivity index (χ1) is 11.5. The molecule has 0 radical (unpaired) electrons. The average molecular weight is 329 g/mol. The summed E-state index contributed by atoms with van der Waals surface area (Å²) < 4.78 is 11.3. The SMILES string of the molecule is CC(C)(Oc1ccccc1CNCCOc1ccccc1)C(=O)O. The smallest absolute Gasteiger partial charge is 0.347 e. The van der Waals surface area contributed by atoms with Gasteiger partial charge in [-0.2, -0.15) is 0 Å². The molecule has 0 aliphatic rings. The Balaban J connectivity index is 1.83. The van der Waals surface area contributed by atoms with E-state index in [1.54, 1.807) is 6.07 Å². The Bertz CT molecular complexity index is 655. The van der Waals surface area contributed by atoms with Crippen LogP contribution in [0.15, 0.2) is 54.6 Å². The summed E-state index contributed by atoms with van der Waals surface area (Å²) in [4.78, 5) is 11.2. The van der Waals surface area contributed by atoms with Gasteiger partial charge in [0.15, 0.2) is 5.60 Å². The molecule has 2 aromatic rings. The van der Waals surface area contributed by atoms with Crippen molar-refractivity contribution < 1.29 is 19.4 Å². The average Bonchev–Trinajstić information content (AvgIpc) is 2.56. The molecular formula is C19H23NO4. The minimum Gasteiger partial charge on any atom is -0.492 e. The number of para-hydroxylation sites is 2. The Morgan fingerprint density at radius 2 is 1.75 bits per heavy atom. The summed E-state index contributed by atoms with van der Waals surface area (Å²) in [7, 11) is 0. The third kappa shape index (κ3) is 5.28. The fourth-order valence-electron chi connectivity index (χ4n) is 2.05. The number of hydrogen-bond acceptors (Lipinski definition) is 4. The lowest BCUT2D eigenvalue weighted by atomic mass is 10.1. The van der Waals surface area contributed by atoms with E-state index in [4.69, 9.17) is 9.47 Å². The van der Waals surface area contributed by atoms with Crippen molar-refractivity contribution in [2.75, 3.05) is 13.2 Å². The van der Waals surface area contributed by atoms with Gasteiger partial charge in [0.1, 0.15) is 18.1 Å². The first kappa shape index (κ1) is 17.8. The van der Waals surface area contributed by atoms with Crippen molar-refractivity contribution in [3.8, 4) is 11.5 Å². The fourth-order valence-corrected chi connectivity index (χ4v) is 2.05. The number of hydrogen-bond donors (Lipinski definition) is 2. The van der Waals surface area contributed by atoms with Crippen LogP contribution in [0.1, 0.15) is 19.4 Å². The van der Waals surface area contributed by atoms with E-state index < -0.39 is 11.6 Å². The molecule has 0 saturated heterocycles. The summed E-state index contributed by atoms with van der Waals surface area (Å²) in [6, 6.07) is 17.1. The molecule has 5 nitrogen and oxygen atoms in total. The maximum atomic E-state index is 11.2. The lowest BCUT2D eigenvalue weighted by Crippen LogP contribution is -2.38. The van der Waals surface area contributed by atoms with Gasteiger partial charge in [-0.1, -0.05) is 36.4 Å². The second-order valence-electron chi connectivity index (χ2n) is 5.86. The molecule has 0 fully saturated rings. The van der Waals surface area contributed by atoms with Gasteiger partial charge in [0, 0.05) is 18.7 Å². The first-order valence-electron chi connectivity index (χ1n) is 7.88. The van der Waals surface area contributed by atoms with Crippen LogP contribution < -0.4 is 14.8 Å². The summed E-state index contributed by atoms with van der Waals surface area (Å²) in [6.45, 7) is 4.86. The van der Waals surface area contributed by atoms with Gasteiger partial charge in [-0.15, -0.1) is 0 Å². The molecule has 0 aliphatic heterocycles. The molecular weight excluding hydrogens is 306 g/mol. The minimum atomic E-state index is -1.27. The molecule has 2 aromatic carbocycles. The topological polar surface area (TPSA) is 67.8 Å². The van der Waals surface area contributed by atoms with E-state index in [-0.39, 0.29) is 0 Å². The molecule has 0 amide bonds. The Morgan fingerprint density at radius 3 is 2.46 bits per heavy atom. The summed E-state index contributed by atoms with van der Waals surface area (Å²) in [5, 5.41) is 12.5. The zero-order valence-corrected chi connectivity index (χ0v) is 14.0. The van der Waals surface area contributed by atoms with Crippen LogP contribution in [0.5, 0.6) is 11.5 Å². The van der Waals surface area contributed by atoms with Crippen LogP contribution >= 0.6 is 0 Å². The van der Waals surface area contributed by atoms with Crippen LogP contribution in [0.4, 0.5) is 0 Å².